The molecule has 0 aromatic carbocycles. The smallest absolute Gasteiger partial charge is 0.250 e. The van der Waals surface area contributed by atoms with Crippen LogP contribution in [0.1, 0.15) is 19.8 Å². The fourth-order valence-electron chi connectivity index (χ4n) is 1.64. The minimum Gasteiger partial charge on any atom is -0.340 e. The molecule has 2 N–H and O–H groups in total. The summed E-state index contributed by atoms with van der Waals surface area (Å²) in [5, 5.41) is 4.82. The van der Waals surface area contributed by atoms with Gasteiger partial charge in [-0.15, -0.1) is 5.98 Å². The van der Waals surface area contributed by atoms with Crippen LogP contribution >= 0.6 is 0 Å². The largest absolute Gasteiger partial charge is 0.340 e. The molecule has 1 rings (SSSR count). The molecule has 0 spiro atoms. The highest BCUT2D eigenvalue weighted by Gasteiger charge is 2.27. The van der Waals surface area contributed by atoms with E-state index in [4.69, 9.17) is 0 Å². The first kappa shape index (κ1) is 14.2. The fraction of sp³-hybridized carbons (Fsp3) is 0.417. The average molecular weight is 247 g/mol. The molecule has 6 heteroatoms. The van der Waals surface area contributed by atoms with Crippen LogP contribution < -0.4 is 10.6 Å². The fourth-order valence-corrected chi connectivity index (χ4v) is 1.64. The van der Waals surface area contributed by atoms with E-state index in [0.29, 0.717) is 12.0 Å². The summed E-state index contributed by atoms with van der Waals surface area (Å²) in [4.78, 5) is 34.4. The molecular weight excluding hydrogens is 231 g/mol. The third-order valence-corrected chi connectivity index (χ3v) is 2.50. The molecule has 1 radical (unpaired) electrons. The van der Waals surface area contributed by atoms with E-state index < -0.39 is 11.9 Å². The Morgan fingerprint density at radius 3 is 2.78 bits per heavy atom. The molecule has 0 aliphatic carbocycles. The van der Waals surface area contributed by atoms with Gasteiger partial charge in [-0.2, -0.15) is 0 Å². The summed E-state index contributed by atoms with van der Waals surface area (Å²) in [5.41, 5.74) is 0.477. The second-order valence-electron chi connectivity index (χ2n) is 3.93. The number of hydrogen-bond acceptors (Lipinski definition) is 3. The summed E-state index contributed by atoms with van der Waals surface area (Å²) in [7, 11) is 1.75. The van der Waals surface area contributed by atoms with Gasteiger partial charge in [0.2, 0.25) is 11.8 Å². The molecule has 1 aliphatic rings. The number of piperidine rings is 1. The zero-order valence-corrected chi connectivity index (χ0v) is 10.5. The van der Waals surface area contributed by atoms with Crippen LogP contribution in [0.5, 0.6) is 0 Å². The molecule has 1 unspecified atom stereocenters. The van der Waals surface area contributed by atoms with Crippen LogP contribution in [0.25, 0.3) is 0 Å². The standard InChI is InChI=1S/C12H16BN2O3/c1-3-4-8(7-13-2)11(17)14-9-5-6-10(16)15-12(9)18/h3-4,7,9H,5-6H2,1-2H3,(H,14,17)(H,15,16,18)/b4-3?,8-7+. The summed E-state index contributed by atoms with van der Waals surface area (Å²) >= 11 is 0. The first-order valence-corrected chi connectivity index (χ1v) is 5.85. The maximum atomic E-state index is 11.9. The van der Waals surface area contributed by atoms with Gasteiger partial charge >= 0.3 is 0 Å². The maximum absolute atomic E-state index is 11.9. The monoisotopic (exact) mass is 247 g/mol. The van der Waals surface area contributed by atoms with E-state index in [1.54, 1.807) is 25.4 Å². The number of carbonyl (C=O) groups excluding carboxylic acids is 3. The first-order valence-electron chi connectivity index (χ1n) is 5.85. The summed E-state index contributed by atoms with van der Waals surface area (Å²) in [6.07, 6.45) is 4.01. The molecule has 5 nitrogen and oxygen atoms in total. The van der Waals surface area contributed by atoms with Crippen LogP contribution in [0.2, 0.25) is 6.82 Å². The average Bonchev–Trinajstić information content (AvgIpc) is 2.32. The van der Waals surface area contributed by atoms with Crippen molar-refractivity contribution in [2.24, 2.45) is 0 Å². The number of allylic oxidation sites excluding steroid dienone is 1. The van der Waals surface area contributed by atoms with E-state index in [-0.39, 0.29) is 18.2 Å². The molecule has 0 aromatic heterocycles. The highest BCUT2D eigenvalue weighted by atomic mass is 16.2. The Bertz CT molecular complexity index is 416. The molecule has 3 amide bonds. The quantitative estimate of drug-likeness (QED) is 0.320. The number of carbonyl (C=O) groups is 3. The number of rotatable bonds is 4. The van der Waals surface area contributed by atoms with E-state index in [9.17, 15) is 14.4 Å². The van der Waals surface area contributed by atoms with Crippen molar-refractivity contribution in [1.82, 2.24) is 10.6 Å². The van der Waals surface area contributed by atoms with Crippen molar-refractivity contribution in [3.63, 3.8) is 0 Å². The topological polar surface area (TPSA) is 75.3 Å². The molecular formula is C12H16BN2O3. The first-order chi connectivity index (χ1) is 8.58. The predicted octanol–water partition coefficient (Wildman–Crippen LogP) is 0.120. The highest BCUT2D eigenvalue weighted by molar-refractivity contribution is 6.41. The molecule has 0 saturated carbocycles. The summed E-state index contributed by atoms with van der Waals surface area (Å²) in [6, 6.07) is -0.638. The van der Waals surface area contributed by atoms with Gasteiger partial charge in [0.1, 0.15) is 13.3 Å². The van der Waals surface area contributed by atoms with Gasteiger partial charge in [-0.1, -0.05) is 19.0 Å². The highest BCUT2D eigenvalue weighted by Crippen LogP contribution is 2.06. The van der Waals surface area contributed by atoms with Gasteiger partial charge < -0.3 is 5.32 Å². The lowest BCUT2D eigenvalue weighted by Gasteiger charge is -2.22. The lowest BCUT2D eigenvalue weighted by molar-refractivity contribution is -0.136. The third-order valence-electron chi connectivity index (χ3n) is 2.50. The number of amides is 3. The van der Waals surface area contributed by atoms with Crippen molar-refractivity contribution in [3.05, 3.63) is 23.7 Å². The van der Waals surface area contributed by atoms with Gasteiger partial charge in [0, 0.05) is 12.0 Å². The van der Waals surface area contributed by atoms with Crippen LogP contribution in [0, 0.1) is 0 Å². The Labute approximate surface area is 107 Å². The van der Waals surface area contributed by atoms with Gasteiger partial charge in [-0.3, -0.25) is 19.7 Å². The van der Waals surface area contributed by atoms with Crippen molar-refractivity contribution in [2.75, 3.05) is 0 Å². The normalized spacial score (nSPS) is 20.8. The Morgan fingerprint density at radius 2 is 2.22 bits per heavy atom. The van der Waals surface area contributed by atoms with Crippen molar-refractivity contribution in [2.45, 2.75) is 32.6 Å². The van der Waals surface area contributed by atoms with E-state index in [0.717, 1.165) is 0 Å². The molecule has 1 heterocycles. The molecule has 1 saturated heterocycles. The molecule has 0 aromatic rings. The number of hydrogen-bond donors (Lipinski definition) is 2. The van der Waals surface area contributed by atoms with Crippen LogP contribution in [0.4, 0.5) is 0 Å². The minimum absolute atomic E-state index is 0.249. The van der Waals surface area contributed by atoms with Crippen LogP contribution in [0.3, 0.4) is 0 Å². The van der Waals surface area contributed by atoms with Crippen molar-refractivity contribution < 1.29 is 14.4 Å². The molecule has 0 bridgehead atoms. The lowest BCUT2D eigenvalue weighted by Crippen LogP contribution is -2.52. The maximum Gasteiger partial charge on any atom is 0.250 e. The molecule has 1 fully saturated rings. The van der Waals surface area contributed by atoms with Crippen molar-refractivity contribution in [1.29, 1.82) is 0 Å². The zero-order chi connectivity index (χ0) is 13.5. The molecule has 1 atom stereocenters. The minimum atomic E-state index is -0.638. The third kappa shape index (κ3) is 3.87. The van der Waals surface area contributed by atoms with Crippen LogP contribution in [-0.2, 0) is 14.4 Å². The van der Waals surface area contributed by atoms with Gasteiger partial charge in [0.15, 0.2) is 0 Å². The Balaban J connectivity index is 2.66. The van der Waals surface area contributed by atoms with Crippen molar-refractivity contribution in [3.8, 4) is 0 Å². The van der Waals surface area contributed by atoms with E-state index in [2.05, 4.69) is 10.6 Å². The summed E-state index contributed by atoms with van der Waals surface area (Å²) in [5.74, 6) is 0.610. The second-order valence-corrected chi connectivity index (χ2v) is 3.93. The van der Waals surface area contributed by atoms with Crippen molar-refractivity contribution >= 4 is 25.0 Å². The summed E-state index contributed by atoms with van der Waals surface area (Å²) < 4.78 is 0. The zero-order valence-electron chi connectivity index (χ0n) is 10.5. The predicted molar refractivity (Wildman–Crippen MR) is 68.8 cm³/mol. The lowest BCUT2D eigenvalue weighted by atomic mass is 9.80. The molecule has 95 valence electrons. The van der Waals surface area contributed by atoms with Crippen LogP contribution in [0.15, 0.2) is 23.7 Å². The van der Waals surface area contributed by atoms with E-state index in [1.165, 1.54) is 0 Å². The number of imide groups is 1. The van der Waals surface area contributed by atoms with Gasteiger partial charge in [-0.05, 0) is 13.3 Å². The molecule has 1 aliphatic heterocycles. The Kier molecular flexibility index (Phi) is 5.36. The Hall–Kier alpha value is -1.85. The second kappa shape index (κ2) is 6.78. The van der Waals surface area contributed by atoms with Gasteiger partial charge in [-0.25, -0.2) is 0 Å². The Morgan fingerprint density at radius 1 is 1.50 bits per heavy atom. The van der Waals surface area contributed by atoms with Crippen LogP contribution in [-0.4, -0.2) is 31.0 Å². The summed E-state index contributed by atoms with van der Waals surface area (Å²) in [6.45, 7) is 3.62. The van der Waals surface area contributed by atoms with Gasteiger partial charge in [0.05, 0.1) is 0 Å². The van der Waals surface area contributed by atoms with E-state index >= 15 is 0 Å². The SMILES string of the molecule is C[B]/C=C(\C=CC)C(=O)NC1CCC(=O)NC1=O. The van der Waals surface area contributed by atoms with E-state index in [1.807, 2.05) is 13.7 Å². The molecule has 18 heavy (non-hydrogen) atoms. The van der Waals surface area contributed by atoms with Gasteiger partial charge in [0.25, 0.3) is 5.91 Å². The number of nitrogens with one attached hydrogen (secondary N) is 2.